The van der Waals surface area contributed by atoms with Gasteiger partial charge in [-0.1, -0.05) is 42.5 Å². The van der Waals surface area contributed by atoms with E-state index in [9.17, 15) is 4.79 Å². The van der Waals surface area contributed by atoms with Gasteiger partial charge in [0.15, 0.2) is 17.5 Å². The minimum absolute atomic E-state index is 0.212. The van der Waals surface area contributed by atoms with Crippen molar-refractivity contribution in [2.75, 3.05) is 16.0 Å². The number of carbonyl (C=O) groups is 1. The summed E-state index contributed by atoms with van der Waals surface area (Å²) >= 11 is 0. The van der Waals surface area contributed by atoms with Crippen LogP contribution in [0.2, 0.25) is 0 Å². The number of benzene rings is 2. The molecule has 35 heavy (non-hydrogen) atoms. The Hall–Kier alpha value is -5.12. The molecule has 0 aliphatic carbocycles. The molecule has 0 atom stereocenters. The highest BCUT2D eigenvalue weighted by atomic mass is 16.2. The quantitative estimate of drug-likeness (QED) is 0.323. The smallest absolute Gasteiger partial charge is 0.326 e. The minimum Gasteiger partial charge on any atom is -0.354 e. The van der Waals surface area contributed by atoms with E-state index < -0.39 is 6.03 Å². The highest BCUT2D eigenvalue weighted by Crippen LogP contribution is 2.23. The van der Waals surface area contributed by atoms with E-state index in [-0.39, 0.29) is 5.82 Å². The number of rotatable bonds is 7. The summed E-state index contributed by atoms with van der Waals surface area (Å²) in [7, 11) is 0. The number of urea groups is 1. The number of carbonyl (C=O) groups excluding carboxylic acids is 1. The fraction of sp³-hybridized carbons (Fsp3) is 0.0400. The summed E-state index contributed by atoms with van der Waals surface area (Å²) in [4.78, 5) is 24.3. The molecule has 172 valence electrons. The maximum atomic E-state index is 12.1. The highest BCUT2D eigenvalue weighted by Gasteiger charge is 2.08. The largest absolute Gasteiger partial charge is 0.354 e. The fourth-order valence-corrected chi connectivity index (χ4v) is 3.40. The first kappa shape index (κ1) is 21.7. The lowest BCUT2D eigenvalue weighted by Crippen LogP contribution is -2.21. The van der Waals surface area contributed by atoms with Crippen LogP contribution in [0, 0.1) is 0 Å². The molecule has 2 amide bonds. The Morgan fingerprint density at radius 1 is 0.829 bits per heavy atom. The highest BCUT2D eigenvalue weighted by molar-refractivity contribution is 5.98. The standard InChI is InChI=1S/C25H21N9O/c35-25(30-22-14-26-10-11-27-22)31-23-15-28-24(33-32-23)19-7-4-8-20(13-19)29-21-9-12-34(17-21)16-18-5-2-1-3-6-18/h1-15,17,29H,16H2,(H2,27,30,31,32,35). The van der Waals surface area contributed by atoms with Crippen LogP contribution in [-0.2, 0) is 6.54 Å². The average Bonchev–Trinajstić information content (AvgIpc) is 3.32. The topological polar surface area (TPSA) is 123 Å². The molecule has 0 aliphatic rings. The Morgan fingerprint density at radius 3 is 2.51 bits per heavy atom. The summed E-state index contributed by atoms with van der Waals surface area (Å²) in [6.45, 7) is 0.805. The average molecular weight is 464 g/mol. The molecule has 5 aromatic rings. The van der Waals surface area contributed by atoms with Crippen LogP contribution >= 0.6 is 0 Å². The van der Waals surface area contributed by atoms with E-state index in [2.05, 4.69) is 64.0 Å². The lowest BCUT2D eigenvalue weighted by Gasteiger charge is -2.08. The van der Waals surface area contributed by atoms with Crippen LogP contribution in [-0.4, -0.2) is 35.7 Å². The van der Waals surface area contributed by atoms with Crippen molar-refractivity contribution in [2.24, 2.45) is 0 Å². The number of hydrogen-bond donors (Lipinski definition) is 3. The molecule has 0 aliphatic heterocycles. The SMILES string of the molecule is O=C(Nc1cnccn1)Nc1cnc(-c2cccc(Nc3ccn(Cc4ccccc4)c3)c2)nn1. The van der Waals surface area contributed by atoms with Gasteiger partial charge in [-0.05, 0) is 23.8 Å². The van der Waals surface area contributed by atoms with Gasteiger partial charge >= 0.3 is 6.03 Å². The first-order valence-corrected chi connectivity index (χ1v) is 10.8. The lowest BCUT2D eigenvalue weighted by molar-refractivity contribution is 0.262. The third-order valence-corrected chi connectivity index (χ3v) is 4.98. The van der Waals surface area contributed by atoms with Crippen molar-refractivity contribution < 1.29 is 4.79 Å². The van der Waals surface area contributed by atoms with E-state index in [1.165, 1.54) is 30.4 Å². The molecule has 0 radical (unpaired) electrons. The van der Waals surface area contributed by atoms with Crippen LogP contribution in [0.15, 0.2) is 97.8 Å². The lowest BCUT2D eigenvalue weighted by atomic mass is 10.2. The molecule has 0 fully saturated rings. The summed E-state index contributed by atoms with van der Waals surface area (Å²) < 4.78 is 2.13. The summed E-state index contributed by atoms with van der Waals surface area (Å²) in [5.41, 5.74) is 3.91. The van der Waals surface area contributed by atoms with Crippen molar-refractivity contribution in [3.8, 4) is 11.4 Å². The Balaban J connectivity index is 1.21. The molecule has 10 nitrogen and oxygen atoms in total. The molecule has 0 bridgehead atoms. The number of nitrogens with one attached hydrogen (secondary N) is 3. The van der Waals surface area contributed by atoms with Crippen molar-refractivity contribution in [1.82, 2.24) is 29.7 Å². The zero-order valence-corrected chi connectivity index (χ0v) is 18.5. The van der Waals surface area contributed by atoms with Crippen molar-refractivity contribution in [2.45, 2.75) is 6.54 Å². The second kappa shape index (κ2) is 10.2. The van der Waals surface area contributed by atoms with E-state index in [0.29, 0.717) is 11.6 Å². The monoisotopic (exact) mass is 463 g/mol. The number of nitrogens with zero attached hydrogens (tertiary/aromatic N) is 6. The second-order valence-electron chi connectivity index (χ2n) is 7.60. The third kappa shape index (κ3) is 5.82. The minimum atomic E-state index is -0.514. The van der Waals surface area contributed by atoms with Gasteiger partial charge in [-0.25, -0.2) is 14.8 Å². The van der Waals surface area contributed by atoms with E-state index >= 15 is 0 Å². The predicted octanol–water partition coefficient (Wildman–Crippen LogP) is 4.57. The maximum absolute atomic E-state index is 12.1. The van der Waals surface area contributed by atoms with Crippen LogP contribution in [0.1, 0.15) is 5.56 Å². The van der Waals surface area contributed by atoms with E-state index in [1.807, 2.05) is 54.7 Å². The van der Waals surface area contributed by atoms with Crippen LogP contribution in [0.25, 0.3) is 11.4 Å². The molecule has 0 saturated heterocycles. The molecule has 3 heterocycles. The Bertz CT molecular complexity index is 1400. The summed E-state index contributed by atoms with van der Waals surface area (Å²) in [6.07, 6.45) is 9.98. The number of hydrogen-bond acceptors (Lipinski definition) is 7. The van der Waals surface area contributed by atoms with Gasteiger partial charge in [0.1, 0.15) is 0 Å². The van der Waals surface area contributed by atoms with Crippen molar-refractivity contribution >= 4 is 29.0 Å². The molecule has 10 heteroatoms. The van der Waals surface area contributed by atoms with E-state index in [4.69, 9.17) is 0 Å². The van der Waals surface area contributed by atoms with Gasteiger partial charge in [-0.2, -0.15) is 0 Å². The number of amides is 2. The van der Waals surface area contributed by atoms with Gasteiger partial charge < -0.3 is 9.88 Å². The molecule has 2 aromatic carbocycles. The van der Waals surface area contributed by atoms with Crippen LogP contribution in [0.5, 0.6) is 0 Å². The zero-order valence-electron chi connectivity index (χ0n) is 18.5. The van der Waals surface area contributed by atoms with Crippen molar-refractivity contribution in [3.63, 3.8) is 0 Å². The molecular formula is C25H21N9O. The number of aromatic nitrogens is 6. The summed E-state index contributed by atoms with van der Waals surface area (Å²) in [5, 5.41) is 16.7. The van der Waals surface area contributed by atoms with Gasteiger partial charge in [-0.3, -0.25) is 15.6 Å². The molecular weight excluding hydrogens is 442 g/mol. The molecule has 0 spiro atoms. The normalized spacial score (nSPS) is 10.5. The van der Waals surface area contributed by atoms with Gasteiger partial charge in [0.2, 0.25) is 0 Å². The van der Waals surface area contributed by atoms with E-state index in [0.717, 1.165) is 23.5 Å². The number of anilines is 4. The molecule has 3 N–H and O–H groups in total. The van der Waals surface area contributed by atoms with Gasteiger partial charge in [0.25, 0.3) is 0 Å². The Kier molecular flexibility index (Phi) is 6.34. The van der Waals surface area contributed by atoms with Gasteiger partial charge in [0.05, 0.1) is 18.1 Å². The molecule has 0 unspecified atom stereocenters. The van der Waals surface area contributed by atoms with Crippen molar-refractivity contribution in [3.05, 3.63) is 103 Å². The van der Waals surface area contributed by atoms with Crippen LogP contribution < -0.4 is 16.0 Å². The van der Waals surface area contributed by atoms with Crippen LogP contribution in [0.3, 0.4) is 0 Å². The van der Waals surface area contributed by atoms with Crippen LogP contribution in [0.4, 0.5) is 27.8 Å². The molecule has 3 aromatic heterocycles. The Morgan fingerprint density at radius 2 is 1.71 bits per heavy atom. The van der Waals surface area contributed by atoms with Crippen molar-refractivity contribution in [1.29, 1.82) is 0 Å². The summed E-state index contributed by atoms with van der Waals surface area (Å²) in [5.74, 6) is 0.974. The van der Waals surface area contributed by atoms with Gasteiger partial charge in [0, 0.05) is 42.6 Å². The maximum Gasteiger partial charge on any atom is 0.326 e. The Labute approximate surface area is 201 Å². The predicted molar refractivity (Wildman–Crippen MR) is 133 cm³/mol. The third-order valence-electron chi connectivity index (χ3n) is 4.98. The zero-order chi connectivity index (χ0) is 23.9. The first-order valence-electron chi connectivity index (χ1n) is 10.8. The molecule has 5 rings (SSSR count). The van der Waals surface area contributed by atoms with E-state index in [1.54, 1.807) is 0 Å². The summed E-state index contributed by atoms with van der Waals surface area (Å²) in [6, 6.07) is 19.6. The molecule has 0 saturated carbocycles. The fourth-order valence-electron chi connectivity index (χ4n) is 3.40. The van der Waals surface area contributed by atoms with Gasteiger partial charge in [-0.15, -0.1) is 10.2 Å². The second-order valence-corrected chi connectivity index (χ2v) is 7.60. The first-order chi connectivity index (χ1) is 17.2.